The molecular formula is C30H36Cl2FN3O3. The highest BCUT2D eigenvalue weighted by Gasteiger charge is 2.71. The van der Waals surface area contributed by atoms with E-state index in [0.717, 1.165) is 0 Å². The van der Waals surface area contributed by atoms with Gasteiger partial charge in [-0.25, -0.2) is 4.39 Å². The standard InChI is InChI=1S/C30H36Cl2FN3O3/c1-28(2,3)15-29(4)30(20-13-8-16(31)14-22(20)35-27(30)39)23(19-6-5-7-21(32)24(19)33)25(36-29)26(38)34-17-9-11-18(37)12-10-17/h5-8,13-14,17-18,23,25,36-37H,9-12,15H2,1-4H3,(H,34,38)(H,35,39)/t17?,18?,23-,25+,29-,30+/m0/s1. The van der Waals surface area contributed by atoms with Crippen molar-refractivity contribution < 1.29 is 19.1 Å². The van der Waals surface area contributed by atoms with Gasteiger partial charge in [-0.3, -0.25) is 14.9 Å². The van der Waals surface area contributed by atoms with Crippen LogP contribution >= 0.6 is 23.2 Å². The van der Waals surface area contributed by atoms with E-state index in [1.54, 1.807) is 24.3 Å². The summed E-state index contributed by atoms with van der Waals surface area (Å²) < 4.78 is 15.9. The number of aliphatic hydroxyl groups is 1. The van der Waals surface area contributed by atoms with E-state index in [1.807, 2.05) is 13.0 Å². The van der Waals surface area contributed by atoms with Gasteiger partial charge in [0.25, 0.3) is 0 Å². The maximum atomic E-state index is 15.9. The molecule has 0 bridgehead atoms. The summed E-state index contributed by atoms with van der Waals surface area (Å²) in [6.07, 6.45) is 2.69. The number of anilines is 1. The van der Waals surface area contributed by atoms with Crippen molar-refractivity contribution in [1.82, 2.24) is 10.6 Å². The summed E-state index contributed by atoms with van der Waals surface area (Å²) in [4.78, 5) is 28.4. The monoisotopic (exact) mass is 575 g/mol. The van der Waals surface area contributed by atoms with Gasteiger partial charge in [-0.05, 0) is 73.8 Å². The molecular weight excluding hydrogens is 540 g/mol. The first kappa shape index (κ1) is 28.3. The Morgan fingerprint density at radius 2 is 1.85 bits per heavy atom. The average Bonchev–Trinajstić information content (AvgIpc) is 3.27. The smallest absolute Gasteiger partial charge is 0.238 e. The molecule has 2 fully saturated rings. The minimum atomic E-state index is -1.34. The van der Waals surface area contributed by atoms with Gasteiger partial charge in [0.05, 0.1) is 17.2 Å². The summed E-state index contributed by atoms with van der Waals surface area (Å²) in [6.45, 7) is 8.21. The molecule has 2 aliphatic heterocycles. The molecule has 4 N–H and O–H groups in total. The van der Waals surface area contributed by atoms with E-state index in [1.165, 1.54) is 6.07 Å². The third-order valence-corrected chi connectivity index (χ3v) is 9.21. The lowest BCUT2D eigenvalue weighted by Crippen LogP contribution is -2.59. The number of hydrogen-bond donors (Lipinski definition) is 4. The summed E-state index contributed by atoms with van der Waals surface area (Å²) in [6, 6.07) is 8.95. The maximum Gasteiger partial charge on any atom is 0.238 e. The van der Waals surface area contributed by atoms with Crippen LogP contribution in [0.3, 0.4) is 0 Å². The summed E-state index contributed by atoms with van der Waals surface area (Å²) in [7, 11) is 0. The fourth-order valence-corrected chi connectivity index (χ4v) is 7.80. The number of carbonyl (C=O) groups is 2. The molecule has 9 heteroatoms. The molecule has 0 unspecified atom stereocenters. The molecule has 2 aromatic carbocycles. The fourth-order valence-electron chi connectivity index (χ4n) is 7.45. The van der Waals surface area contributed by atoms with Crippen LogP contribution in [0.15, 0.2) is 36.4 Å². The average molecular weight is 577 g/mol. The first-order chi connectivity index (χ1) is 18.3. The number of hydrogen-bond acceptors (Lipinski definition) is 4. The highest BCUT2D eigenvalue weighted by Crippen LogP contribution is 2.61. The third kappa shape index (κ3) is 4.75. The van der Waals surface area contributed by atoms with Crippen LogP contribution in [0.25, 0.3) is 0 Å². The molecule has 210 valence electrons. The zero-order valence-electron chi connectivity index (χ0n) is 22.7. The number of amides is 2. The largest absolute Gasteiger partial charge is 0.393 e. The molecule has 1 saturated carbocycles. The lowest BCUT2D eigenvalue weighted by atomic mass is 9.56. The van der Waals surface area contributed by atoms with E-state index in [2.05, 4.69) is 36.7 Å². The van der Waals surface area contributed by atoms with E-state index in [-0.39, 0.29) is 40.0 Å². The second-order valence-corrected chi connectivity index (χ2v) is 13.6. The molecule has 2 heterocycles. The minimum Gasteiger partial charge on any atom is -0.393 e. The quantitative estimate of drug-likeness (QED) is 0.377. The Morgan fingerprint density at radius 3 is 2.51 bits per heavy atom. The molecule has 2 amide bonds. The first-order valence-corrected chi connectivity index (χ1v) is 14.3. The van der Waals surface area contributed by atoms with Crippen molar-refractivity contribution in [2.45, 2.75) is 94.9 Å². The summed E-state index contributed by atoms with van der Waals surface area (Å²) in [5.74, 6) is -2.15. The molecule has 1 saturated heterocycles. The van der Waals surface area contributed by atoms with Crippen LogP contribution in [0, 0.1) is 11.2 Å². The van der Waals surface area contributed by atoms with Crippen LogP contribution in [0.5, 0.6) is 0 Å². The van der Waals surface area contributed by atoms with Crippen LogP contribution in [-0.4, -0.2) is 40.6 Å². The second kappa shape index (κ2) is 10.0. The normalized spacial score (nSPS) is 32.3. The zero-order chi connectivity index (χ0) is 28.3. The molecule has 0 aromatic heterocycles. The van der Waals surface area contributed by atoms with Gasteiger partial charge in [-0.2, -0.15) is 0 Å². The van der Waals surface area contributed by atoms with Gasteiger partial charge in [-0.15, -0.1) is 0 Å². The van der Waals surface area contributed by atoms with Gasteiger partial charge in [0.1, 0.15) is 11.2 Å². The molecule has 5 rings (SSSR count). The zero-order valence-corrected chi connectivity index (χ0v) is 24.2. The van der Waals surface area contributed by atoms with E-state index in [0.29, 0.717) is 48.4 Å². The van der Waals surface area contributed by atoms with Crippen molar-refractivity contribution in [3.63, 3.8) is 0 Å². The number of halogens is 3. The van der Waals surface area contributed by atoms with E-state index >= 15 is 4.39 Å². The van der Waals surface area contributed by atoms with Crippen LogP contribution < -0.4 is 16.0 Å². The van der Waals surface area contributed by atoms with Gasteiger partial charge >= 0.3 is 0 Å². The number of fused-ring (bicyclic) bond motifs is 2. The second-order valence-electron chi connectivity index (χ2n) is 12.8. The number of carbonyl (C=O) groups excluding carboxylic acids is 2. The fraction of sp³-hybridized carbons (Fsp3) is 0.533. The molecule has 0 radical (unpaired) electrons. The Bertz CT molecular complexity index is 1310. The molecule has 6 nitrogen and oxygen atoms in total. The number of benzene rings is 2. The van der Waals surface area contributed by atoms with Crippen molar-refractivity contribution in [2.75, 3.05) is 5.32 Å². The third-order valence-electron chi connectivity index (χ3n) is 8.68. The van der Waals surface area contributed by atoms with Crippen LogP contribution in [0.4, 0.5) is 10.1 Å². The van der Waals surface area contributed by atoms with Gasteiger partial charge in [0.2, 0.25) is 11.8 Å². The molecule has 2 aromatic rings. The Labute approximate surface area is 239 Å². The molecule has 3 aliphatic rings. The molecule has 4 atom stereocenters. The highest BCUT2D eigenvalue weighted by atomic mass is 35.5. The summed E-state index contributed by atoms with van der Waals surface area (Å²) >= 11 is 12.6. The topological polar surface area (TPSA) is 90.5 Å². The first-order valence-electron chi connectivity index (χ1n) is 13.6. The van der Waals surface area contributed by atoms with Crippen LogP contribution in [0.2, 0.25) is 10.0 Å². The number of nitrogens with one attached hydrogen (secondary N) is 3. The molecule has 1 aliphatic carbocycles. The summed E-state index contributed by atoms with van der Waals surface area (Å²) in [5, 5.41) is 20.1. The Balaban J connectivity index is 1.72. The molecule has 39 heavy (non-hydrogen) atoms. The Hall–Kier alpha value is -2.19. The number of rotatable bonds is 4. The van der Waals surface area contributed by atoms with Gasteiger partial charge in [0.15, 0.2) is 0 Å². The predicted octanol–water partition coefficient (Wildman–Crippen LogP) is 5.69. The van der Waals surface area contributed by atoms with Crippen molar-refractivity contribution in [2.24, 2.45) is 5.41 Å². The SMILES string of the molecule is CC(C)(C)C[C@]1(C)N[C@@H](C(=O)NC2CCC(O)CC2)[C@H](c2cccc(Cl)c2F)[C@]12C(=O)Nc1cc(Cl)ccc12. The lowest BCUT2D eigenvalue weighted by Gasteiger charge is -2.45. The minimum absolute atomic E-state index is 0.0674. The maximum absolute atomic E-state index is 15.9. The van der Waals surface area contributed by atoms with Gasteiger partial charge in [-0.1, -0.05) is 62.2 Å². The molecule has 1 spiro atoms. The van der Waals surface area contributed by atoms with Gasteiger partial charge < -0.3 is 15.7 Å². The van der Waals surface area contributed by atoms with Crippen molar-refractivity contribution in [3.05, 3.63) is 63.4 Å². The van der Waals surface area contributed by atoms with Gasteiger partial charge in [0, 0.05) is 28.2 Å². The highest BCUT2D eigenvalue weighted by molar-refractivity contribution is 6.31. The number of aliphatic hydroxyl groups excluding tert-OH is 1. The van der Waals surface area contributed by atoms with Crippen LogP contribution in [0.1, 0.15) is 76.8 Å². The predicted molar refractivity (Wildman–Crippen MR) is 152 cm³/mol. The van der Waals surface area contributed by atoms with Crippen LogP contribution in [-0.2, 0) is 15.0 Å². The Morgan fingerprint density at radius 1 is 1.15 bits per heavy atom. The van der Waals surface area contributed by atoms with Crippen molar-refractivity contribution in [1.29, 1.82) is 0 Å². The lowest BCUT2D eigenvalue weighted by molar-refractivity contribution is -0.124. The Kier molecular flexibility index (Phi) is 7.28. The van der Waals surface area contributed by atoms with E-state index < -0.39 is 28.7 Å². The van der Waals surface area contributed by atoms with E-state index in [4.69, 9.17) is 23.2 Å². The van der Waals surface area contributed by atoms with Crippen molar-refractivity contribution in [3.8, 4) is 0 Å². The van der Waals surface area contributed by atoms with Crippen molar-refractivity contribution >= 4 is 40.7 Å². The van der Waals surface area contributed by atoms with E-state index in [9.17, 15) is 14.7 Å². The summed E-state index contributed by atoms with van der Waals surface area (Å²) in [5.41, 5.74) is -1.08.